The summed E-state index contributed by atoms with van der Waals surface area (Å²) in [4.78, 5) is 44.5. The van der Waals surface area contributed by atoms with Crippen molar-refractivity contribution in [3.8, 4) is 0 Å². The molecule has 28 heavy (non-hydrogen) atoms. The van der Waals surface area contributed by atoms with Crippen LogP contribution < -0.4 is 0 Å². The third-order valence-electron chi connectivity index (χ3n) is 5.62. The molecule has 0 radical (unpaired) electrons. The fraction of sp³-hybridized carbons (Fsp3) is 0.909. The normalized spacial score (nSPS) is 16.5. The summed E-state index contributed by atoms with van der Waals surface area (Å²) < 4.78 is 0. The first-order valence-electron chi connectivity index (χ1n) is 11.1. The van der Waals surface area contributed by atoms with Gasteiger partial charge in [-0.2, -0.15) is 9.78 Å². The molecule has 6 heteroatoms. The summed E-state index contributed by atoms with van der Waals surface area (Å²) in [7, 11) is 0. The number of carbonyl (C=O) groups excluding carboxylic acids is 2. The van der Waals surface area contributed by atoms with Crippen molar-refractivity contribution in [2.24, 2.45) is 11.3 Å². The second kappa shape index (κ2) is 12.4. The van der Waals surface area contributed by atoms with Gasteiger partial charge in [0.1, 0.15) is 0 Å². The average molecular weight is 401 g/mol. The summed E-state index contributed by atoms with van der Waals surface area (Å²) in [5, 5.41) is 0. The van der Waals surface area contributed by atoms with Crippen LogP contribution in [0.5, 0.6) is 0 Å². The molecule has 1 atom stereocenters. The third kappa shape index (κ3) is 8.08. The quantitative estimate of drug-likeness (QED) is 0.145. The molecule has 0 aliphatic carbocycles. The van der Waals surface area contributed by atoms with Gasteiger partial charge in [-0.15, -0.1) is 0 Å². The predicted octanol–water partition coefficient (Wildman–Crippen LogP) is 6.03. The molecule has 0 N–H and O–H groups in total. The Morgan fingerprint density at radius 1 is 0.857 bits per heavy atom. The second-order valence-corrected chi connectivity index (χ2v) is 8.64. The van der Waals surface area contributed by atoms with Crippen LogP contribution in [0.15, 0.2) is 0 Å². The first-order chi connectivity index (χ1) is 13.3. The molecule has 1 heterocycles. The van der Waals surface area contributed by atoms with Gasteiger partial charge >= 0.3 is 17.7 Å². The van der Waals surface area contributed by atoms with Crippen molar-refractivity contribution >= 4 is 11.9 Å². The summed E-state index contributed by atoms with van der Waals surface area (Å²) in [5.41, 5.74) is -0.213. The molecule has 1 rings (SSSR count). The summed E-state index contributed by atoms with van der Waals surface area (Å²) in [6.45, 7) is 10.5. The highest BCUT2D eigenvalue weighted by Crippen LogP contribution is 2.38. The predicted molar refractivity (Wildman–Crippen MR) is 107 cm³/mol. The zero-order valence-corrected chi connectivity index (χ0v) is 18.5. The van der Waals surface area contributed by atoms with Gasteiger partial charge in [-0.3, -0.25) is 0 Å². The number of hydrogen-bond donors (Lipinski definition) is 0. The highest BCUT2D eigenvalue weighted by molar-refractivity contribution is 5.80. The SMILES string of the molecule is CCCCCCC(C(=O)OOC(=O)C1(CCCCCC)OO1)C(C)(C)CCC. The van der Waals surface area contributed by atoms with Crippen molar-refractivity contribution in [3.63, 3.8) is 0 Å². The molecule has 0 aromatic rings. The molecule has 0 spiro atoms. The van der Waals surface area contributed by atoms with Crippen molar-refractivity contribution in [3.05, 3.63) is 0 Å². The van der Waals surface area contributed by atoms with Crippen LogP contribution in [0.1, 0.15) is 112 Å². The molecule has 164 valence electrons. The Kier molecular flexibility index (Phi) is 11.1. The van der Waals surface area contributed by atoms with E-state index in [1.807, 2.05) is 0 Å². The molecule has 6 nitrogen and oxygen atoms in total. The molecular weight excluding hydrogens is 360 g/mol. The highest BCUT2D eigenvalue weighted by atomic mass is 17.4. The van der Waals surface area contributed by atoms with Crippen molar-refractivity contribution in [2.45, 2.75) is 117 Å². The van der Waals surface area contributed by atoms with Crippen LogP contribution in [0.25, 0.3) is 0 Å². The molecule has 1 aliphatic heterocycles. The Balaban J connectivity index is 2.55. The van der Waals surface area contributed by atoms with E-state index in [1.165, 1.54) is 0 Å². The van der Waals surface area contributed by atoms with Crippen LogP contribution in [-0.4, -0.2) is 17.7 Å². The molecule has 0 saturated carbocycles. The van der Waals surface area contributed by atoms with Crippen molar-refractivity contribution in [1.29, 1.82) is 0 Å². The van der Waals surface area contributed by atoms with E-state index in [0.29, 0.717) is 6.42 Å². The molecule has 1 aliphatic rings. The number of hydrogen-bond acceptors (Lipinski definition) is 6. The number of rotatable bonds is 15. The van der Waals surface area contributed by atoms with E-state index in [-0.39, 0.29) is 11.3 Å². The van der Waals surface area contributed by atoms with Gasteiger partial charge in [0.15, 0.2) is 0 Å². The Labute approximate surface area is 170 Å². The van der Waals surface area contributed by atoms with E-state index in [0.717, 1.165) is 70.6 Å². The Hall–Kier alpha value is -1.14. The van der Waals surface area contributed by atoms with E-state index in [4.69, 9.17) is 19.6 Å². The van der Waals surface area contributed by atoms with Gasteiger partial charge in [-0.05, 0) is 24.7 Å². The van der Waals surface area contributed by atoms with Gasteiger partial charge in [-0.1, -0.05) is 86.0 Å². The standard InChI is InChI=1S/C22H40O6/c1-6-9-11-13-15-18(21(4,5)16-8-3)19(23)25-26-20(24)22(27-28-22)17-14-12-10-7-2/h18H,6-17H2,1-5H3. The van der Waals surface area contributed by atoms with E-state index < -0.39 is 17.7 Å². The van der Waals surface area contributed by atoms with Crippen molar-refractivity contribution < 1.29 is 29.1 Å². The first-order valence-corrected chi connectivity index (χ1v) is 11.1. The Morgan fingerprint density at radius 2 is 1.46 bits per heavy atom. The smallest absolute Gasteiger partial charge is 0.247 e. The fourth-order valence-electron chi connectivity index (χ4n) is 3.71. The van der Waals surface area contributed by atoms with Gasteiger partial charge in [-0.25, -0.2) is 19.4 Å². The van der Waals surface area contributed by atoms with Gasteiger partial charge in [0.2, 0.25) is 0 Å². The zero-order valence-electron chi connectivity index (χ0n) is 18.5. The van der Waals surface area contributed by atoms with Crippen LogP contribution in [0.2, 0.25) is 0 Å². The maximum atomic E-state index is 12.7. The molecule has 1 unspecified atom stereocenters. The number of carbonyl (C=O) groups is 2. The summed E-state index contributed by atoms with van der Waals surface area (Å²) in [6.07, 6.45) is 11.3. The second-order valence-electron chi connectivity index (χ2n) is 8.64. The van der Waals surface area contributed by atoms with Gasteiger partial charge in [0.25, 0.3) is 0 Å². The van der Waals surface area contributed by atoms with Crippen LogP contribution >= 0.6 is 0 Å². The largest absolute Gasteiger partial charge is 0.420 e. The van der Waals surface area contributed by atoms with Crippen LogP contribution in [0, 0.1) is 11.3 Å². The Morgan fingerprint density at radius 3 is 2.00 bits per heavy atom. The van der Waals surface area contributed by atoms with Crippen LogP contribution in [0.4, 0.5) is 0 Å². The molecule has 0 aromatic heterocycles. The van der Waals surface area contributed by atoms with Gasteiger partial charge < -0.3 is 0 Å². The molecule has 0 aromatic carbocycles. The lowest BCUT2D eigenvalue weighted by Gasteiger charge is -2.32. The van der Waals surface area contributed by atoms with E-state index in [1.54, 1.807) is 0 Å². The maximum Gasteiger partial charge on any atom is 0.420 e. The van der Waals surface area contributed by atoms with Crippen LogP contribution in [0.3, 0.4) is 0 Å². The van der Waals surface area contributed by atoms with Crippen molar-refractivity contribution in [2.75, 3.05) is 0 Å². The lowest BCUT2D eigenvalue weighted by atomic mass is 9.73. The minimum absolute atomic E-state index is 0.213. The molecule has 1 fully saturated rings. The van der Waals surface area contributed by atoms with E-state index >= 15 is 0 Å². The number of unbranched alkanes of at least 4 members (excludes halogenated alkanes) is 6. The zero-order chi connectivity index (χ0) is 21.0. The average Bonchev–Trinajstić information content (AvgIpc) is 3.44. The lowest BCUT2D eigenvalue weighted by molar-refractivity contribution is -0.269. The van der Waals surface area contributed by atoms with E-state index in [9.17, 15) is 9.59 Å². The molecule has 1 saturated heterocycles. The van der Waals surface area contributed by atoms with Gasteiger partial charge in [0, 0.05) is 6.42 Å². The lowest BCUT2D eigenvalue weighted by Crippen LogP contribution is -2.35. The fourth-order valence-corrected chi connectivity index (χ4v) is 3.71. The highest BCUT2D eigenvalue weighted by Gasteiger charge is 2.59. The summed E-state index contributed by atoms with van der Waals surface area (Å²) in [5.74, 6) is -2.96. The Bertz CT molecular complexity index is 470. The van der Waals surface area contributed by atoms with E-state index in [2.05, 4.69) is 34.6 Å². The minimum Gasteiger partial charge on any atom is -0.247 e. The van der Waals surface area contributed by atoms with Gasteiger partial charge in [0.05, 0.1) is 5.92 Å². The van der Waals surface area contributed by atoms with Crippen molar-refractivity contribution in [1.82, 2.24) is 0 Å². The summed E-state index contributed by atoms with van der Waals surface area (Å²) in [6, 6.07) is 0. The molecule has 0 bridgehead atoms. The monoisotopic (exact) mass is 400 g/mol. The maximum absolute atomic E-state index is 12.7. The molecular formula is C22H40O6. The molecule has 0 amide bonds. The summed E-state index contributed by atoms with van der Waals surface area (Å²) >= 11 is 0. The first kappa shape index (κ1) is 24.9. The topological polar surface area (TPSA) is 77.7 Å². The van der Waals surface area contributed by atoms with Crippen LogP contribution in [-0.2, 0) is 29.1 Å². The minimum atomic E-state index is -1.39. The third-order valence-corrected chi connectivity index (χ3v) is 5.62.